The Bertz CT molecular complexity index is 283. The average Bonchev–Trinajstić information content (AvgIpc) is 2.53. The normalized spacial score (nSPS) is 11.2. The molecule has 0 atom stereocenters. The Morgan fingerprint density at radius 3 is 1.83 bits per heavy atom. The van der Waals surface area contributed by atoms with Gasteiger partial charge >= 0.3 is 6.03 Å². The highest BCUT2D eigenvalue weighted by atomic mass is 32.2. The van der Waals surface area contributed by atoms with Gasteiger partial charge in [-0.1, -0.05) is 76.9 Å². The van der Waals surface area contributed by atoms with Crippen molar-refractivity contribution in [1.29, 1.82) is 0 Å². The van der Waals surface area contributed by atoms with Crippen LogP contribution in [0, 0.1) is 0 Å². The largest absolute Gasteiger partial charge is 0.351 e. The van der Waals surface area contributed by atoms with Crippen LogP contribution in [0.2, 0.25) is 0 Å². The quantitative estimate of drug-likeness (QED) is 0.184. The van der Waals surface area contributed by atoms with Crippen LogP contribution in [0.15, 0.2) is 12.2 Å². The third-order valence-electron chi connectivity index (χ3n) is 3.93. The highest BCUT2D eigenvalue weighted by molar-refractivity contribution is 7.97. The molecule has 3 N–H and O–H groups in total. The minimum Gasteiger partial charge on any atom is -0.351 e. The van der Waals surface area contributed by atoms with E-state index >= 15 is 0 Å². The molecule has 2 amide bonds. The molecule has 0 saturated heterocycles. The second kappa shape index (κ2) is 19.4. The first-order valence-electron chi connectivity index (χ1n) is 9.59. The molecular weight excluding hydrogens is 304 g/mol. The standard InChI is InChI=1S/C19H38N2OS/c1-2-3-4-5-6-7-8-9-10-11-12-13-14-15-16-17-18-23-21-19(20)22/h9-10H,2-8,11-18H2,1H3,(H3,20,21,22)/b10-9+. The van der Waals surface area contributed by atoms with Crippen molar-refractivity contribution in [3.63, 3.8) is 0 Å². The molecule has 136 valence electrons. The number of unbranched alkanes of at least 4 members (excludes halogenated alkanes) is 12. The van der Waals surface area contributed by atoms with Crippen LogP contribution in [0.4, 0.5) is 4.79 Å². The van der Waals surface area contributed by atoms with Gasteiger partial charge in [-0.15, -0.1) is 0 Å². The summed E-state index contributed by atoms with van der Waals surface area (Å²) in [5.41, 5.74) is 4.99. The number of hydrogen-bond acceptors (Lipinski definition) is 2. The Balaban J connectivity index is 3.06. The zero-order chi connectivity index (χ0) is 17.0. The van der Waals surface area contributed by atoms with Gasteiger partial charge in [0, 0.05) is 5.75 Å². The summed E-state index contributed by atoms with van der Waals surface area (Å²) >= 11 is 1.41. The molecule has 0 aliphatic carbocycles. The fraction of sp³-hybridized carbons (Fsp3) is 0.842. The third-order valence-corrected chi connectivity index (χ3v) is 4.77. The Labute approximate surface area is 148 Å². The molecule has 0 aromatic rings. The van der Waals surface area contributed by atoms with Crippen molar-refractivity contribution < 1.29 is 4.79 Å². The van der Waals surface area contributed by atoms with Crippen LogP contribution in [0.1, 0.15) is 96.8 Å². The Kier molecular flexibility index (Phi) is 18.9. The van der Waals surface area contributed by atoms with E-state index in [4.69, 9.17) is 5.73 Å². The minimum absolute atomic E-state index is 0.445. The molecular formula is C19H38N2OS. The van der Waals surface area contributed by atoms with Crippen molar-refractivity contribution in [2.75, 3.05) is 5.75 Å². The Morgan fingerprint density at radius 1 is 0.826 bits per heavy atom. The van der Waals surface area contributed by atoms with Crippen LogP contribution in [0.5, 0.6) is 0 Å². The van der Waals surface area contributed by atoms with Gasteiger partial charge in [0.15, 0.2) is 0 Å². The van der Waals surface area contributed by atoms with Gasteiger partial charge in [-0.2, -0.15) is 0 Å². The molecule has 0 aliphatic rings. The van der Waals surface area contributed by atoms with Crippen LogP contribution in [-0.2, 0) is 0 Å². The number of hydrogen-bond donors (Lipinski definition) is 2. The van der Waals surface area contributed by atoms with Crippen LogP contribution in [0.3, 0.4) is 0 Å². The maximum absolute atomic E-state index is 10.5. The molecule has 0 fully saturated rings. The number of nitrogens with two attached hydrogens (primary N) is 1. The zero-order valence-corrected chi connectivity index (χ0v) is 16.0. The van der Waals surface area contributed by atoms with E-state index in [1.165, 1.54) is 95.4 Å². The van der Waals surface area contributed by atoms with Crippen LogP contribution in [-0.4, -0.2) is 11.8 Å². The first-order chi connectivity index (χ1) is 11.3. The summed E-state index contributed by atoms with van der Waals surface area (Å²) in [5, 5.41) is 0. The first kappa shape index (κ1) is 22.4. The van der Waals surface area contributed by atoms with E-state index in [9.17, 15) is 4.79 Å². The van der Waals surface area contributed by atoms with Crippen molar-refractivity contribution in [3.8, 4) is 0 Å². The molecule has 3 nitrogen and oxygen atoms in total. The van der Waals surface area contributed by atoms with Crippen molar-refractivity contribution in [1.82, 2.24) is 4.72 Å². The molecule has 0 unspecified atom stereocenters. The smallest absolute Gasteiger partial charge is 0.322 e. The molecule has 0 radical (unpaired) electrons. The minimum atomic E-state index is -0.445. The number of carbonyl (C=O) groups is 1. The molecule has 0 aromatic heterocycles. The number of rotatable bonds is 17. The summed E-state index contributed by atoms with van der Waals surface area (Å²) in [6, 6.07) is -0.445. The number of allylic oxidation sites excluding steroid dienone is 2. The molecule has 0 heterocycles. The molecule has 0 saturated carbocycles. The van der Waals surface area contributed by atoms with E-state index in [2.05, 4.69) is 23.8 Å². The first-order valence-corrected chi connectivity index (χ1v) is 10.6. The predicted molar refractivity (Wildman–Crippen MR) is 105 cm³/mol. The fourth-order valence-electron chi connectivity index (χ4n) is 2.54. The second-order valence-electron chi connectivity index (χ2n) is 6.25. The van der Waals surface area contributed by atoms with E-state index in [0.29, 0.717) is 0 Å². The average molecular weight is 343 g/mol. The van der Waals surface area contributed by atoms with E-state index < -0.39 is 6.03 Å². The summed E-state index contributed by atoms with van der Waals surface area (Å²) in [4.78, 5) is 10.5. The number of urea groups is 1. The third kappa shape index (κ3) is 21.4. The second-order valence-corrected chi connectivity index (χ2v) is 7.15. The zero-order valence-electron chi connectivity index (χ0n) is 15.2. The van der Waals surface area contributed by atoms with Crippen molar-refractivity contribution in [2.45, 2.75) is 96.8 Å². The van der Waals surface area contributed by atoms with E-state index in [1.54, 1.807) is 0 Å². The lowest BCUT2D eigenvalue weighted by Crippen LogP contribution is -2.23. The highest BCUT2D eigenvalue weighted by Crippen LogP contribution is 2.10. The maximum atomic E-state index is 10.5. The van der Waals surface area contributed by atoms with Gasteiger partial charge in [0.05, 0.1) is 0 Å². The van der Waals surface area contributed by atoms with Gasteiger partial charge in [-0.3, -0.25) is 4.72 Å². The monoisotopic (exact) mass is 342 g/mol. The maximum Gasteiger partial charge on any atom is 0.322 e. The summed E-state index contributed by atoms with van der Waals surface area (Å²) in [7, 11) is 0. The number of nitrogens with one attached hydrogen (secondary N) is 1. The molecule has 23 heavy (non-hydrogen) atoms. The molecule has 0 aliphatic heterocycles. The SMILES string of the molecule is CCCCCCCC/C=C/CCCCCCCCSNC(N)=O. The van der Waals surface area contributed by atoms with Gasteiger partial charge < -0.3 is 5.73 Å². The van der Waals surface area contributed by atoms with E-state index in [-0.39, 0.29) is 0 Å². The number of primary amides is 1. The van der Waals surface area contributed by atoms with Gasteiger partial charge in [0.1, 0.15) is 0 Å². The summed E-state index contributed by atoms with van der Waals surface area (Å²) in [6.45, 7) is 2.27. The molecule has 4 heteroatoms. The van der Waals surface area contributed by atoms with Gasteiger partial charge in [-0.25, -0.2) is 4.79 Å². The topological polar surface area (TPSA) is 55.1 Å². The van der Waals surface area contributed by atoms with Crippen molar-refractivity contribution in [3.05, 3.63) is 12.2 Å². The van der Waals surface area contributed by atoms with Crippen LogP contribution < -0.4 is 10.5 Å². The summed E-state index contributed by atoms with van der Waals surface area (Å²) in [6.07, 6.45) is 23.3. The Hall–Kier alpha value is -0.640. The fourth-order valence-corrected chi connectivity index (χ4v) is 3.14. The van der Waals surface area contributed by atoms with Gasteiger partial charge in [0.2, 0.25) is 0 Å². The van der Waals surface area contributed by atoms with Crippen LogP contribution >= 0.6 is 11.9 Å². The lowest BCUT2D eigenvalue weighted by molar-refractivity contribution is 0.254. The number of carbonyl (C=O) groups excluding carboxylic acids is 1. The predicted octanol–water partition coefficient (Wildman–Crippen LogP) is 6.34. The van der Waals surface area contributed by atoms with E-state index in [0.717, 1.165) is 12.2 Å². The van der Waals surface area contributed by atoms with Crippen LogP contribution in [0.25, 0.3) is 0 Å². The summed E-state index contributed by atoms with van der Waals surface area (Å²) in [5.74, 6) is 0.962. The van der Waals surface area contributed by atoms with Gasteiger partial charge in [0.25, 0.3) is 0 Å². The van der Waals surface area contributed by atoms with E-state index in [1.807, 2.05) is 0 Å². The molecule has 0 rings (SSSR count). The number of amides is 2. The molecule has 0 bridgehead atoms. The lowest BCUT2D eigenvalue weighted by atomic mass is 10.1. The Morgan fingerprint density at radius 2 is 1.30 bits per heavy atom. The van der Waals surface area contributed by atoms with Gasteiger partial charge in [-0.05, 0) is 44.1 Å². The molecule has 0 aromatic carbocycles. The lowest BCUT2D eigenvalue weighted by Gasteiger charge is -2.02. The van der Waals surface area contributed by atoms with Crippen molar-refractivity contribution in [2.24, 2.45) is 5.73 Å². The van der Waals surface area contributed by atoms with Crippen molar-refractivity contribution >= 4 is 18.0 Å². The highest BCUT2D eigenvalue weighted by Gasteiger charge is 1.94. The molecule has 0 spiro atoms. The summed E-state index contributed by atoms with van der Waals surface area (Å²) < 4.78 is 2.55.